The Morgan fingerprint density at radius 2 is 1.31 bits per heavy atom. The number of benzene rings is 1. The normalized spacial score (nSPS) is 9.73. The maximum Gasteiger partial charge on any atom is 0 e. The zero-order chi connectivity index (χ0) is 33.0. The number of nitrogens with two attached hydrogens (primary N) is 1. The van der Waals surface area contributed by atoms with Crippen molar-refractivity contribution < 1.29 is 48.5 Å². The molecule has 0 fully saturated rings. The number of carbonyl (C=O) groups excluding carboxylic acids is 1. The summed E-state index contributed by atoms with van der Waals surface area (Å²) < 4.78 is 31.3. The average molecular weight is 814 g/mol. The van der Waals surface area contributed by atoms with Gasteiger partial charge in [-0.25, -0.2) is 9.97 Å². The molecule has 13 nitrogen and oxygen atoms in total. The van der Waals surface area contributed by atoms with E-state index in [-0.39, 0.29) is 26.3 Å². The second-order valence-electron chi connectivity index (χ2n) is 9.52. The van der Waals surface area contributed by atoms with E-state index in [1.807, 2.05) is 63.1 Å². The van der Waals surface area contributed by atoms with Crippen LogP contribution in [0.4, 0.5) is 5.69 Å². The second kappa shape index (κ2) is 29.9. The molecule has 0 unspecified atom stereocenters. The van der Waals surface area contributed by atoms with E-state index in [9.17, 15) is 4.79 Å². The number of aryl methyl sites for hydroxylation is 2. The summed E-state index contributed by atoms with van der Waals surface area (Å²) >= 11 is 1.01. The van der Waals surface area contributed by atoms with Crippen molar-refractivity contribution in [1.82, 2.24) is 24.0 Å². The van der Waals surface area contributed by atoms with Crippen molar-refractivity contribution in [2.45, 2.75) is 75.8 Å². The molecule has 1 radical (unpaired) electrons. The third kappa shape index (κ3) is 20.0. The summed E-state index contributed by atoms with van der Waals surface area (Å²) in [6.07, 6.45) is 17.5. The topological polar surface area (TPSA) is 172 Å². The van der Waals surface area contributed by atoms with Crippen LogP contribution in [0.3, 0.4) is 0 Å². The Hall–Kier alpha value is -2.82. The predicted molar refractivity (Wildman–Crippen MR) is 161 cm³/mol. The van der Waals surface area contributed by atoms with E-state index < -0.39 is 0 Å². The van der Waals surface area contributed by atoms with Crippen LogP contribution in [-0.2, 0) is 75.7 Å². The number of nitrogens with zero attached hydrogens (tertiary/aromatic N) is 5. The van der Waals surface area contributed by atoms with Gasteiger partial charge < -0.3 is 14.5 Å². The molecule has 3 aromatic rings. The Bertz CT molecular complexity index is 1160. The summed E-state index contributed by atoms with van der Waals surface area (Å²) in [6, 6.07) is 7.32. The van der Waals surface area contributed by atoms with Gasteiger partial charge in [0, 0.05) is 76.3 Å². The van der Waals surface area contributed by atoms with E-state index >= 15 is 0 Å². The zero-order valence-corrected chi connectivity index (χ0v) is 29.2. The Kier molecular flexibility index (Phi) is 29.4. The Balaban J connectivity index is 0. The number of carbonyl (C=O) groups is 1. The van der Waals surface area contributed by atoms with Gasteiger partial charge in [0.15, 0.2) is 0 Å². The number of amides is 1. The smallest absolute Gasteiger partial charge is 0 e. The van der Waals surface area contributed by atoms with Crippen molar-refractivity contribution in [3.63, 3.8) is 0 Å². The van der Waals surface area contributed by atoms with Crippen molar-refractivity contribution >= 4 is 23.6 Å². The molecule has 1 amide bonds. The molecule has 0 spiro atoms. The molecule has 15 heteroatoms. The minimum atomic E-state index is 0. The molecular weight excluding hydrogens is 773 g/mol. The van der Waals surface area contributed by atoms with Crippen molar-refractivity contribution in [1.29, 1.82) is 0 Å². The largest absolute Gasteiger partial charge is 0 e. The number of imidazole rings is 2. The molecular formula is C30H41N7O6ReS. The van der Waals surface area contributed by atoms with E-state index in [0.29, 0.717) is 6.42 Å². The SMILES string of the molecule is Cn1ccnc1CN(CCCCCCCCCCC(=O)Nc1ccc(SOON)cc1)Cc1nccn1C.[C-]#[O+].[C-]#[O+].[C-]#[O+].[Re]. The molecule has 3 N–H and O–H groups in total. The van der Waals surface area contributed by atoms with Crippen LogP contribution < -0.4 is 11.2 Å². The van der Waals surface area contributed by atoms with Crippen molar-refractivity contribution in [2.24, 2.45) is 20.0 Å². The van der Waals surface area contributed by atoms with Crippen molar-refractivity contribution in [3.05, 3.63) is 80.7 Å². The molecule has 245 valence electrons. The average Bonchev–Trinajstić information content (AvgIpc) is 3.66. The molecule has 2 aromatic heterocycles. The van der Waals surface area contributed by atoms with Crippen LogP contribution in [0.2, 0.25) is 0 Å². The minimum Gasteiger partial charge on any atom is 0 e. The van der Waals surface area contributed by atoms with Gasteiger partial charge in [0.05, 0.1) is 25.1 Å². The van der Waals surface area contributed by atoms with E-state index in [2.05, 4.69) is 58.6 Å². The van der Waals surface area contributed by atoms with Crippen LogP contribution in [0.5, 0.6) is 0 Å². The Labute approximate surface area is 283 Å². The quantitative estimate of drug-likeness (QED) is 0.0424. The first kappa shape index (κ1) is 44.3. The van der Waals surface area contributed by atoms with Gasteiger partial charge in [-0.1, -0.05) is 38.5 Å². The molecule has 0 saturated carbocycles. The molecule has 3 rings (SSSR count). The number of aromatic nitrogens is 4. The molecule has 0 saturated heterocycles. The molecule has 1 aromatic carbocycles. The molecule has 0 bridgehead atoms. The Morgan fingerprint density at radius 1 is 0.844 bits per heavy atom. The van der Waals surface area contributed by atoms with Crippen LogP contribution in [0.25, 0.3) is 0 Å². The van der Waals surface area contributed by atoms with Crippen LogP contribution in [-0.4, -0.2) is 36.5 Å². The van der Waals surface area contributed by atoms with E-state index in [1.165, 1.54) is 38.5 Å². The van der Waals surface area contributed by atoms with Gasteiger partial charge in [0.25, 0.3) is 0 Å². The predicted octanol–water partition coefficient (Wildman–Crippen LogP) is 5.02. The second-order valence-corrected chi connectivity index (χ2v) is 10.3. The number of rotatable bonds is 19. The summed E-state index contributed by atoms with van der Waals surface area (Å²) in [4.78, 5) is 28.5. The van der Waals surface area contributed by atoms with Gasteiger partial charge in [0.2, 0.25) is 5.91 Å². The van der Waals surface area contributed by atoms with E-state index in [1.54, 1.807) is 0 Å². The van der Waals surface area contributed by atoms with Gasteiger partial charge in [-0.2, -0.15) is 5.90 Å². The summed E-state index contributed by atoms with van der Waals surface area (Å²) in [5.41, 5.74) is 0.770. The van der Waals surface area contributed by atoms with Crippen LogP contribution in [0.15, 0.2) is 53.9 Å². The third-order valence-corrected chi connectivity index (χ3v) is 7.12. The van der Waals surface area contributed by atoms with E-state index in [0.717, 1.165) is 66.8 Å². The standard InChI is InChI=1S/C27H41N7O3S.3CO.Re/c1-32-19-16-29-25(32)21-34(22-26-30-17-20-33(26)2)18-10-8-6-4-3-5-7-9-11-27(35)31-23-12-14-24(15-13-23)38-37-36-28;3*1-2;/h12-17,19-20H,3-11,18,21-22,28H2,1-2H3,(H,31,35);;;;. The van der Waals surface area contributed by atoms with Gasteiger partial charge in [-0.05, 0) is 43.7 Å². The van der Waals surface area contributed by atoms with Crippen LogP contribution in [0.1, 0.15) is 69.4 Å². The molecule has 0 aliphatic heterocycles. The maximum atomic E-state index is 12.2. The van der Waals surface area contributed by atoms with Gasteiger partial charge in [0.1, 0.15) is 11.6 Å². The summed E-state index contributed by atoms with van der Waals surface area (Å²) in [5, 5.41) is 2.93. The fraction of sp³-hybridized carbons (Fsp3) is 0.467. The molecule has 45 heavy (non-hydrogen) atoms. The monoisotopic (exact) mass is 814 g/mol. The van der Waals surface area contributed by atoms with Gasteiger partial charge >= 0.3 is 33.9 Å². The number of hydrogen-bond acceptors (Lipinski definition) is 8. The number of nitrogens with one attached hydrogen (secondary N) is 1. The van der Waals surface area contributed by atoms with Crippen LogP contribution >= 0.6 is 12.0 Å². The summed E-state index contributed by atoms with van der Waals surface area (Å²) in [7, 11) is 4.09. The molecule has 0 aliphatic carbocycles. The first-order valence-electron chi connectivity index (χ1n) is 13.9. The molecule has 0 aliphatic rings. The number of hydrogen-bond donors (Lipinski definition) is 2. The van der Waals surface area contributed by atoms with Crippen LogP contribution in [0, 0.1) is 20.0 Å². The van der Waals surface area contributed by atoms with Gasteiger partial charge in [-0.15, -0.1) is 9.32 Å². The zero-order valence-electron chi connectivity index (χ0n) is 25.7. The fourth-order valence-corrected chi connectivity index (χ4v) is 4.63. The fourth-order valence-electron chi connectivity index (χ4n) is 4.27. The number of anilines is 1. The van der Waals surface area contributed by atoms with Crippen molar-refractivity contribution in [3.8, 4) is 0 Å². The first-order chi connectivity index (χ1) is 21.5. The van der Waals surface area contributed by atoms with Gasteiger partial charge in [-0.3, -0.25) is 9.69 Å². The number of unbranched alkanes of at least 4 members (excludes halogenated alkanes) is 7. The molecule has 0 atom stereocenters. The third-order valence-electron chi connectivity index (χ3n) is 6.51. The van der Waals surface area contributed by atoms with E-state index in [4.69, 9.17) is 19.9 Å². The minimum absolute atomic E-state index is 0. The van der Waals surface area contributed by atoms with Crippen molar-refractivity contribution in [2.75, 3.05) is 11.9 Å². The first-order valence-corrected chi connectivity index (χ1v) is 14.7. The summed E-state index contributed by atoms with van der Waals surface area (Å²) in [5.74, 6) is 7.03. The molecule has 2 heterocycles. The Morgan fingerprint density at radius 3 is 1.76 bits per heavy atom. The summed E-state index contributed by atoms with van der Waals surface area (Å²) in [6.45, 7) is 16.2. The maximum absolute atomic E-state index is 12.2.